The molecule has 2 aliphatic carbocycles. The SMILES string of the molecule is CC(=O)NC(Cc1cc(F)cc(F)c1)C(O)CNC1(c2cccc(C3(C)CCCO3)c2)CC1.CC1(c2cccc(C3(NCC(O)C(N)Cc4cc(F)cc(F)c4)CC3)c2)CCCO1. The van der Waals surface area contributed by atoms with Crippen LogP contribution in [0.2, 0.25) is 0 Å². The number of carbonyl (C=O) groups excluding carboxylic acids is 1. The van der Waals surface area contributed by atoms with Gasteiger partial charge in [0.25, 0.3) is 0 Å². The number of carbonyl (C=O) groups is 1. The van der Waals surface area contributed by atoms with Gasteiger partial charge in [-0.2, -0.15) is 0 Å². The predicted octanol–water partition coefficient (Wildman–Crippen LogP) is 7.18. The lowest BCUT2D eigenvalue weighted by Gasteiger charge is -2.28. The van der Waals surface area contributed by atoms with Crippen LogP contribution < -0.4 is 21.7 Å². The van der Waals surface area contributed by atoms with Gasteiger partial charge in [0.05, 0.1) is 29.5 Å². The summed E-state index contributed by atoms with van der Waals surface area (Å²) in [5.74, 6) is -2.95. The van der Waals surface area contributed by atoms with Crippen LogP contribution in [0.15, 0.2) is 84.9 Å². The fourth-order valence-corrected chi connectivity index (χ4v) is 9.25. The third kappa shape index (κ3) is 11.7. The lowest BCUT2D eigenvalue weighted by molar-refractivity contribution is -0.120. The molecule has 13 heteroatoms. The van der Waals surface area contributed by atoms with Crippen LogP contribution in [-0.4, -0.2) is 66.7 Å². The van der Waals surface area contributed by atoms with Gasteiger partial charge in [-0.25, -0.2) is 17.6 Å². The zero-order valence-corrected chi connectivity index (χ0v) is 36.5. The van der Waals surface area contributed by atoms with Crippen molar-refractivity contribution in [1.82, 2.24) is 16.0 Å². The lowest BCUT2D eigenvalue weighted by atomic mass is 9.90. The van der Waals surface area contributed by atoms with E-state index < -0.39 is 47.6 Å². The standard InChI is InChI=1S/C26H32F2N2O3.C24H30F2N2O2/c1-17(31)30-23(13-18-11-21(27)15-22(28)12-18)24(32)16-29-26(8-9-26)20-6-3-5-19(14-20)25(2)7-4-10-33-25;1-23(6-3-9-30-23)17-4-2-5-18(13-17)24(7-8-24)28-15-22(29)21(27)12-16-10-19(25)14-20(26)11-16/h3,5-6,11-12,14-15,23-24,29,32H,4,7-10,13,16H2,1-2H3,(H,30,31);2,4-5,10-11,13-14,21-22,28-29H,3,6-9,12,15,27H2,1H3. The molecule has 63 heavy (non-hydrogen) atoms. The third-order valence-electron chi connectivity index (χ3n) is 13.4. The smallest absolute Gasteiger partial charge is 0.217 e. The van der Waals surface area contributed by atoms with Gasteiger partial charge in [0.15, 0.2) is 0 Å². The Bertz CT molecular complexity index is 2160. The molecule has 1 amide bonds. The number of ether oxygens (including phenoxy) is 2. The molecular formula is C50H62F4N4O5. The van der Waals surface area contributed by atoms with Gasteiger partial charge in [-0.3, -0.25) is 4.79 Å². The first kappa shape index (κ1) is 46.8. The zero-order valence-electron chi connectivity index (χ0n) is 36.5. The van der Waals surface area contributed by atoms with Crippen molar-refractivity contribution < 1.29 is 42.0 Å². The third-order valence-corrected chi connectivity index (χ3v) is 13.4. The minimum Gasteiger partial charge on any atom is -0.390 e. The number of halogens is 4. The highest BCUT2D eigenvalue weighted by molar-refractivity contribution is 5.73. The maximum absolute atomic E-state index is 13.6. The molecule has 4 fully saturated rings. The van der Waals surface area contributed by atoms with E-state index in [0.717, 1.165) is 87.8 Å². The maximum Gasteiger partial charge on any atom is 0.217 e. The summed E-state index contributed by atoms with van der Waals surface area (Å²) in [4.78, 5) is 11.7. The summed E-state index contributed by atoms with van der Waals surface area (Å²) in [6.07, 6.45) is 6.58. The summed E-state index contributed by atoms with van der Waals surface area (Å²) in [6.45, 7) is 7.75. The topological polar surface area (TPSA) is 138 Å². The van der Waals surface area contributed by atoms with E-state index in [2.05, 4.69) is 72.3 Å². The highest BCUT2D eigenvalue weighted by Crippen LogP contribution is 2.48. The van der Waals surface area contributed by atoms with Crippen LogP contribution in [-0.2, 0) is 49.4 Å². The normalized spacial score (nSPS) is 23.8. The first-order valence-electron chi connectivity index (χ1n) is 22.3. The van der Waals surface area contributed by atoms with Crippen LogP contribution in [0.4, 0.5) is 17.6 Å². The molecule has 7 N–H and O–H groups in total. The first-order chi connectivity index (χ1) is 30.0. The summed E-state index contributed by atoms with van der Waals surface area (Å²) < 4.78 is 66.0. The van der Waals surface area contributed by atoms with E-state index in [0.29, 0.717) is 17.7 Å². The van der Waals surface area contributed by atoms with Crippen LogP contribution in [0.5, 0.6) is 0 Å². The van der Waals surface area contributed by atoms with Gasteiger partial charge in [-0.1, -0.05) is 48.5 Å². The second kappa shape index (κ2) is 19.5. The summed E-state index contributed by atoms with van der Waals surface area (Å²) in [6, 6.07) is 22.2. The van der Waals surface area contributed by atoms with Gasteiger partial charge in [-0.05, 0) is 136 Å². The molecule has 4 aromatic carbocycles. The fourth-order valence-electron chi connectivity index (χ4n) is 9.25. The zero-order chi connectivity index (χ0) is 45.0. The van der Waals surface area contributed by atoms with Crippen molar-refractivity contribution in [3.05, 3.63) is 142 Å². The molecule has 2 saturated carbocycles. The number of benzene rings is 4. The predicted molar refractivity (Wildman–Crippen MR) is 234 cm³/mol. The average Bonchev–Trinajstić information content (AvgIpc) is 4.12. The molecule has 4 aromatic rings. The van der Waals surface area contributed by atoms with Gasteiger partial charge < -0.3 is 41.4 Å². The minimum absolute atomic E-state index is 0.120. The average molecular weight is 875 g/mol. The van der Waals surface area contributed by atoms with Gasteiger partial charge in [0.2, 0.25) is 5.91 Å². The number of rotatable bonds is 17. The second-order valence-electron chi connectivity index (χ2n) is 18.5. The Balaban J connectivity index is 0.000000190. The van der Waals surface area contributed by atoms with Crippen molar-refractivity contribution in [1.29, 1.82) is 0 Å². The highest BCUT2D eigenvalue weighted by Gasteiger charge is 2.46. The Morgan fingerprint density at radius 3 is 1.44 bits per heavy atom. The molecule has 0 spiro atoms. The second-order valence-corrected chi connectivity index (χ2v) is 18.5. The fraction of sp³-hybridized carbons (Fsp3) is 0.500. The highest BCUT2D eigenvalue weighted by atomic mass is 19.1. The van der Waals surface area contributed by atoms with E-state index in [1.54, 1.807) is 0 Å². The van der Waals surface area contributed by atoms with E-state index in [1.165, 1.54) is 42.3 Å². The number of nitrogens with one attached hydrogen (secondary N) is 3. The molecule has 2 heterocycles. The maximum atomic E-state index is 13.6. The van der Waals surface area contributed by atoms with Crippen LogP contribution in [0.1, 0.15) is 106 Å². The Labute approximate surface area is 368 Å². The van der Waals surface area contributed by atoms with E-state index in [-0.39, 0.29) is 47.6 Å². The Hall–Kier alpha value is -4.21. The Kier molecular flexibility index (Phi) is 14.5. The quantitative estimate of drug-likeness (QED) is 0.0615. The monoisotopic (exact) mass is 874 g/mol. The summed E-state index contributed by atoms with van der Waals surface area (Å²) in [7, 11) is 0. The number of aliphatic hydroxyl groups is 2. The van der Waals surface area contributed by atoms with Crippen LogP contribution in [0.25, 0.3) is 0 Å². The van der Waals surface area contributed by atoms with Crippen molar-refractivity contribution >= 4 is 5.91 Å². The number of nitrogens with two attached hydrogens (primary N) is 1. The van der Waals surface area contributed by atoms with Gasteiger partial charge in [0, 0.05) is 62.5 Å². The molecule has 4 aliphatic rings. The van der Waals surface area contributed by atoms with E-state index in [9.17, 15) is 32.6 Å². The molecule has 8 rings (SSSR count). The van der Waals surface area contributed by atoms with Gasteiger partial charge in [0.1, 0.15) is 23.3 Å². The molecule has 0 radical (unpaired) electrons. The van der Waals surface area contributed by atoms with Crippen LogP contribution in [0, 0.1) is 23.3 Å². The molecule has 2 saturated heterocycles. The van der Waals surface area contributed by atoms with Crippen molar-refractivity contribution in [2.24, 2.45) is 5.73 Å². The first-order valence-corrected chi connectivity index (χ1v) is 22.3. The number of aliphatic hydroxyl groups excluding tert-OH is 2. The number of hydrogen-bond donors (Lipinski definition) is 6. The Morgan fingerprint density at radius 1 is 0.635 bits per heavy atom. The molecule has 6 atom stereocenters. The number of hydrogen-bond acceptors (Lipinski definition) is 8. The molecule has 9 nitrogen and oxygen atoms in total. The molecule has 6 unspecified atom stereocenters. The largest absolute Gasteiger partial charge is 0.390 e. The van der Waals surface area contributed by atoms with Crippen LogP contribution in [0.3, 0.4) is 0 Å². The number of amides is 1. The van der Waals surface area contributed by atoms with Crippen molar-refractivity contribution in [3.63, 3.8) is 0 Å². The van der Waals surface area contributed by atoms with E-state index >= 15 is 0 Å². The summed E-state index contributed by atoms with van der Waals surface area (Å²) in [5.41, 5.74) is 10.8. The van der Waals surface area contributed by atoms with Gasteiger partial charge in [-0.15, -0.1) is 0 Å². The van der Waals surface area contributed by atoms with Crippen molar-refractivity contribution in [2.75, 3.05) is 26.3 Å². The Morgan fingerprint density at radius 2 is 1.05 bits per heavy atom. The summed E-state index contributed by atoms with van der Waals surface area (Å²) >= 11 is 0. The molecule has 340 valence electrons. The summed E-state index contributed by atoms with van der Waals surface area (Å²) in [5, 5.41) is 31.1. The molecule has 2 aliphatic heterocycles. The van der Waals surface area contributed by atoms with E-state index in [4.69, 9.17) is 15.2 Å². The van der Waals surface area contributed by atoms with Crippen LogP contribution >= 0.6 is 0 Å². The van der Waals surface area contributed by atoms with E-state index in [1.807, 2.05) is 6.07 Å². The minimum atomic E-state index is -0.934. The van der Waals surface area contributed by atoms with Crippen molar-refractivity contribution in [3.8, 4) is 0 Å². The molecule has 0 bridgehead atoms. The van der Waals surface area contributed by atoms with Crippen molar-refractivity contribution in [2.45, 2.75) is 132 Å². The van der Waals surface area contributed by atoms with Gasteiger partial charge >= 0.3 is 0 Å². The lowest BCUT2D eigenvalue weighted by Crippen LogP contribution is -2.49. The molecule has 0 aromatic heterocycles. The molecular weight excluding hydrogens is 813 g/mol.